The first kappa shape index (κ1) is 12.8. The number of hydrogen-bond acceptors (Lipinski definition) is 2. The first-order valence-corrected chi connectivity index (χ1v) is 6.72. The molecule has 0 radical (unpaired) electrons. The van der Waals surface area contributed by atoms with E-state index in [0.717, 1.165) is 18.2 Å². The summed E-state index contributed by atoms with van der Waals surface area (Å²) in [5.41, 5.74) is 0.852. The lowest BCUT2D eigenvalue weighted by Gasteiger charge is -2.05. The molecule has 4 nitrogen and oxygen atoms in total. The Morgan fingerprint density at radius 3 is 2.90 bits per heavy atom. The molecule has 0 bridgehead atoms. The summed E-state index contributed by atoms with van der Waals surface area (Å²) in [5, 5.41) is 3.61. The van der Waals surface area contributed by atoms with E-state index in [1.807, 2.05) is 0 Å². The molecule has 1 aliphatic rings. The Labute approximate surface area is 115 Å². The van der Waals surface area contributed by atoms with Crippen LogP contribution in [0.3, 0.4) is 0 Å². The van der Waals surface area contributed by atoms with E-state index in [9.17, 15) is 14.0 Å². The van der Waals surface area contributed by atoms with Crippen molar-refractivity contribution >= 4 is 16.8 Å². The van der Waals surface area contributed by atoms with Gasteiger partial charge in [-0.1, -0.05) is 0 Å². The zero-order chi connectivity index (χ0) is 14.1. The van der Waals surface area contributed by atoms with Gasteiger partial charge in [-0.25, -0.2) is 4.39 Å². The molecule has 5 heteroatoms. The summed E-state index contributed by atoms with van der Waals surface area (Å²) in [6, 6.07) is 6.04. The number of benzene rings is 1. The second kappa shape index (κ2) is 5.07. The van der Waals surface area contributed by atoms with Crippen LogP contribution in [0.2, 0.25) is 0 Å². The van der Waals surface area contributed by atoms with Crippen LogP contribution in [-0.4, -0.2) is 17.4 Å². The van der Waals surface area contributed by atoms with Gasteiger partial charge < -0.3 is 10.3 Å². The van der Waals surface area contributed by atoms with Gasteiger partial charge >= 0.3 is 0 Å². The van der Waals surface area contributed by atoms with Crippen LogP contribution in [0.25, 0.3) is 10.9 Å². The van der Waals surface area contributed by atoms with Gasteiger partial charge in [-0.15, -0.1) is 0 Å². The summed E-state index contributed by atoms with van der Waals surface area (Å²) in [6.07, 6.45) is 2.41. The monoisotopic (exact) mass is 274 g/mol. The first-order valence-electron chi connectivity index (χ1n) is 6.72. The normalized spacial score (nSPS) is 14.4. The summed E-state index contributed by atoms with van der Waals surface area (Å²) in [7, 11) is 0. The van der Waals surface area contributed by atoms with Crippen molar-refractivity contribution in [2.75, 3.05) is 6.54 Å². The molecular weight excluding hydrogens is 259 g/mol. The van der Waals surface area contributed by atoms with Gasteiger partial charge in [0.15, 0.2) is 0 Å². The van der Waals surface area contributed by atoms with Crippen LogP contribution < -0.4 is 10.9 Å². The number of carbonyl (C=O) groups is 1. The van der Waals surface area contributed by atoms with Gasteiger partial charge in [0.25, 0.3) is 5.56 Å². The molecule has 0 atom stereocenters. The van der Waals surface area contributed by atoms with Crippen LogP contribution in [0.15, 0.2) is 29.1 Å². The average Bonchev–Trinajstić information content (AvgIpc) is 3.23. The second-order valence-electron chi connectivity index (χ2n) is 5.17. The highest BCUT2D eigenvalue weighted by Crippen LogP contribution is 2.28. The van der Waals surface area contributed by atoms with E-state index in [0.29, 0.717) is 24.0 Å². The summed E-state index contributed by atoms with van der Waals surface area (Å²) >= 11 is 0. The van der Waals surface area contributed by atoms with Gasteiger partial charge in [0.05, 0.1) is 5.52 Å². The SMILES string of the molecule is O=C(NCCc1cc2ccc(F)cc2[nH]c1=O)C1CC1. The molecule has 3 rings (SSSR count). The second-order valence-corrected chi connectivity index (χ2v) is 5.17. The standard InChI is InChI=1S/C15H15FN2O2/c16-12-4-3-10-7-11(15(20)18-13(10)8-12)5-6-17-14(19)9-1-2-9/h3-4,7-9H,1-2,5-6H2,(H,17,19)(H,18,20). The number of H-pyrrole nitrogens is 1. The third-order valence-electron chi connectivity index (χ3n) is 3.53. The minimum atomic E-state index is -0.377. The average molecular weight is 274 g/mol. The van der Waals surface area contributed by atoms with Crippen LogP contribution in [0.4, 0.5) is 4.39 Å². The number of carbonyl (C=O) groups excluding carboxylic acids is 1. The van der Waals surface area contributed by atoms with Crippen LogP contribution in [0.5, 0.6) is 0 Å². The Bertz CT molecular complexity index is 719. The molecule has 2 N–H and O–H groups in total. The van der Waals surface area contributed by atoms with Crippen molar-refractivity contribution < 1.29 is 9.18 Å². The molecule has 20 heavy (non-hydrogen) atoms. The Balaban J connectivity index is 1.73. The third-order valence-corrected chi connectivity index (χ3v) is 3.53. The molecule has 0 spiro atoms. The van der Waals surface area contributed by atoms with Crippen molar-refractivity contribution in [3.8, 4) is 0 Å². The minimum Gasteiger partial charge on any atom is -0.356 e. The number of fused-ring (bicyclic) bond motifs is 1. The van der Waals surface area contributed by atoms with E-state index in [4.69, 9.17) is 0 Å². The quantitative estimate of drug-likeness (QED) is 0.892. The van der Waals surface area contributed by atoms with E-state index in [2.05, 4.69) is 10.3 Å². The molecule has 1 heterocycles. The van der Waals surface area contributed by atoms with Crippen LogP contribution in [-0.2, 0) is 11.2 Å². The smallest absolute Gasteiger partial charge is 0.251 e. The Morgan fingerprint density at radius 2 is 2.15 bits per heavy atom. The van der Waals surface area contributed by atoms with E-state index < -0.39 is 0 Å². The zero-order valence-corrected chi connectivity index (χ0v) is 10.9. The van der Waals surface area contributed by atoms with E-state index >= 15 is 0 Å². The fourth-order valence-electron chi connectivity index (χ4n) is 2.21. The van der Waals surface area contributed by atoms with Crippen molar-refractivity contribution in [3.63, 3.8) is 0 Å². The molecule has 2 aromatic rings. The van der Waals surface area contributed by atoms with Crippen molar-refractivity contribution in [2.24, 2.45) is 5.92 Å². The number of pyridine rings is 1. The molecule has 1 amide bonds. The lowest BCUT2D eigenvalue weighted by molar-refractivity contribution is -0.122. The lowest BCUT2D eigenvalue weighted by atomic mass is 10.1. The van der Waals surface area contributed by atoms with Crippen LogP contribution in [0.1, 0.15) is 18.4 Å². The highest BCUT2D eigenvalue weighted by Gasteiger charge is 2.29. The highest BCUT2D eigenvalue weighted by atomic mass is 19.1. The molecule has 1 saturated carbocycles. The van der Waals surface area contributed by atoms with Crippen molar-refractivity contribution in [3.05, 3.63) is 46.0 Å². The van der Waals surface area contributed by atoms with Gasteiger partial charge in [0.1, 0.15) is 5.82 Å². The number of hydrogen-bond donors (Lipinski definition) is 2. The molecule has 0 unspecified atom stereocenters. The number of nitrogens with one attached hydrogen (secondary N) is 2. The number of halogens is 1. The van der Waals surface area contributed by atoms with Gasteiger partial charge in [-0.2, -0.15) is 0 Å². The summed E-state index contributed by atoms with van der Waals surface area (Å²) < 4.78 is 13.1. The van der Waals surface area contributed by atoms with E-state index in [1.54, 1.807) is 12.1 Å². The molecule has 0 saturated heterocycles. The first-order chi connectivity index (χ1) is 9.63. The van der Waals surface area contributed by atoms with Crippen molar-refractivity contribution in [2.45, 2.75) is 19.3 Å². The molecule has 1 aliphatic carbocycles. The van der Waals surface area contributed by atoms with Gasteiger partial charge in [-0.05, 0) is 48.9 Å². The molecule has 104 valence electrons. The number of aromatic amines is 1. The fraction of sp³-hybridized carbons (Fsp3) is 0.333. The maximum absolute atomic E-state index is 13.1. The number of rotatable bonds is 4. The maximum Gasteiger partial charge on any atom is 0.251 e. The van der Waals surface area contributed by atoms with Crippen molar-refractivity contribution in [1.82, 2.24) is 10.3 Å². The third kappa shape index (κ3) is 2.71. The molecule has 0 aliphatic heterocycles. The minimum absolute atomic E-state index is 0.0734. The summed E-state index contributed by atoms with van der Waals surface area (Å²) in [6.45, 7) is 0.450. The predicted molar refractivity (Wildman–Crippen MR) is 74.0 cm³/mol. The van der Waals surface area contributed by atoms with Crippen LogP contribution in [0, 0.1) is 11.7 Å². The van der Waals surface area contributed by atoms with Crippen LogP contribution >= 0.6 is 0 Å². The largest absolute Gasteiger partial charge is 0.356 e. The summed E-state index contributed by atoms with van der Waals surface area (Å²) in [4.78, 5) is 26.0. The molecule has 1 aromatic carbocycles. The number of amides is 1. The number of aromatic nitrogens is 1. The Kier molecular flexibility index (Phi) is 3.26. The van der Waals surface area contributed by atoms with Gasteiger partial charge in [0.2, 0.25) is 5.91 Å². The van der Waals surface area contributed by atoms with Crippen molar-refractivity contribution in [1.29, 1.82) is 0 Å². The molecular formula is C15H15FN2O2. The van der Waals surface area contributed by atoms with E-state index in [1.165, 1.54) is 12.1 Å². The van der Waals surface area contributed by atoms with Gasteiger partial charge in [0, 0.05) is 18.0 Å². The molecule has 1 fully saturated rings. The highest BCUT2D eigenvalue weighted by molar-refractivity contribution is 5.81. The Morgan fingerprint density at radius 1 is 1.35 bits per heavy atom. The fourth-order valence-corrected chi connectivity index (χ4v) is 2.21. The van der Waals surface area contributed by atoms with E-state index in [-0.39, 0.29) is 23.2 Å². The van der Waals surface area contributed by atoms with Gasteiger partial charge in [-0.3, -0.25) is 9.59 Å². The summed E-state index contributed by atoms with van der Waals surface area (Å²) in [5.74, 6) is -0.130. The topological polar surface area (TPSA) is 62.0 Å². The Hall–Kier alpha value is -2.17. The predicted octanol–water partition coefficient (Wildman–Crippen LogP) is 1.74. The maximum atomic E-state index is 13.1. The molecule has 1 aromatic heterocycles. The zero-order valence-electron chi connectivity index (χ0n) is 10.9. The lowest BCUT2D eigenvalue weighted by Crippen LogP contribution is -2.28.